The summed E-state index contributed by atoms with van der Waals surface area (Å²) in [6, 6.07) is 3.83. The van der Waals surface area contributed by atoms with Gasteiger partial charge in [-0.05, 0) is 31.0 Å². The number of nitrogens with one attached hydrogen (secondary N) is 1. The van der Waals surface area contributed by atoms with Crippen LogP contribution in [0.1, 0.15) is 42.5 Å². The van der Waals surface area contributed by atoms with Crippen molar-refractivity contribution in [3.05, 3.63) is 34.6 Å². The minimum absolute atomic E-state index is 0.0663. The highest BCUT2D eigenvalue weighted by atomic mass is 35.5. The summed E-state index contributed by atoms with van der Waals surface area (Å²) in [5.74, 6) is -1.89. The molecule has 0 unspecified atom stereocenters. The first-order chi connectivity index (χ1) is 9.50. The number of halogens is 2. The summed E-state index contributed by atoms with van der Waals surface area (Å²) < 4.78 is 13.4. The molecule has 4 nitrogen and oxygen atoms in total. The summed E-state index contributed by atoms with van der Waals surface area (Å²) in [7, 11) is 0. The Labute approximate surface area is 121 Å². The SMILES string of the molecule is O=C(O)CCCCCCNC(=O)c1cc(Cl)ccc1F. The largest absolute Gasteiger partial charge is 0.481 e. The Hall–Kier alpha value is -1.62. The van der Waals surface area contributed by atoms with E-state index >= 15 is 0 Å². The van der Waals surface area contributed by atoms with E-state index in [9.17, 15) is 14.0 Å². The summed E-state index contributed by atoms with van der Waals surface area (Å²) in [5, 5.41) is 11.4. The zero-order valence-corrected chi connectivity index (χ0v) is 11.8. The molecule has 0 aliphatic carbocycles. The van der Waals surface area contributed by atoms with Crippen LogP contribution in [0.15, 0.2) is 18.2 Å². The fourth-order valence-corrected chi connectivity index (χ4v) is 1.90. The second-order valence-electron chi connectivity index (χ2n) is 4.44. The second-order valence-corrected chi connectivity index (χ2v) is 4.87. The zero-order chi connectivity index (χ0) is 15.0. The van der Waals surface area contributed by atoms with Gasteiger partial charge < -0.3 is 10.4 Å². The molecule has 6 heteroatoms. The first-order valence-corrected chi connectivity index (χ1v) is 6.83. The van der Waals surface area contributed by atoms with E-state index in [1.807, 2.05) is 0 Å². The first-order valence-electron chi connectivity index (χ1n) is 6.45. The van der Waals surface area contributed by atoms with Crippen LogP contribution in [0.25, 0.3) is 0 Å². The van der Waals surface area contributed by atoms with Gasteiger partial charge in [-0.1, -0.05) is 24.4 Å². The molecular formula is C14H17ClFNO3. The van der Waals surface area contributed by atoms with Gasteiger partial charge in [-0.25, -0.2) is 4.39 Å². The zero-order valence-electron chi connectivity index (χ0n) is 11.0. The Bertz CT molecular complexity index is 479. The maximum atomic E-state index is 13.4. The number of carboxylic acids is 1. The van der Waals surface area contributed by atoms with Gasteiger partial charge in [0.25, 0.3) is 5.91 Å². The predicted molar refractivity (Wildman–Crippen MR) is 74.5 cm³/mol. The van der Waals surface area contributed by atoms with Crippen molar-refractivity contribution >= 4 is 23.5 Å². The highest BCUT2D eigenvalue weighted by Crippen LogP contribution is 2.14. The van der Waals surface area contributed by atoms with Crippen LogP contribution in [0.5, 0.6) is 0 Å². The molecule has 2 N–H and O–H groups in total. The Morgan fingerprint density at radius 1 is 1.20 bits per heavy atom. The standard InChI is InChI=1S/C14H17ClFNO3/c15-10-6-7-12(16)11(9-10)14(20)17-8-4-2-1-3-5-13(18)19/h6-7,9H,1-5,8H2,(H,17,20)(H,18,19). The lowest BCUT2D eigenvalue weighted by Crippen LogP contribution is -2.25. The van der Waals surface area contributed by atoms with E-state index in [1.54, 1.807) is 0 Å². The van der Waals surface area contributed by atoms with Crippen LogP contribution in [-0.2, 0) is 4.79 Å². The molecule has 1 aromatic rings. The van der Waals surface area contributed by atoms with Gasteiger partial charge in [0, 0.05) is 18.0 Å². The number of rotatable bonds is 8. The highest BCUT2D eigenvalue weighted by molar-refractivity contribution is 6.30. The molecule has 0 spiro atoms. The summed E-state index contributed by atoms with van der Waals surface area (Å²) >= 11 is 5.71. The maximum Gasteiger partial charge on any atom is 0.303 e. The van der Waals surface area contributed by atoms with Crippen molar-refractivity contribution in [3.8, 4) is 0 Å². The average molecular weight is 302 g/mol. The molecule has 0 bridgehead atoms. The summed E-state index contributed by atoms with van der Waals surface area (Å²) in [5.41, 5.74) is -0.0663. The summed E-state index contributed by atoms with van der Waals surface area (Å²) in [6.07, 6.45) is 3.15. The van der Waals surface area contributed by atoms with E-state index in [0.29, 0.717) is 18.0 Å². The number of carbonyl (C=O) groups excluding carboxylic acids is 1. The lowest BCUT2D eigenvalue weighted by Gasteiger charge is -2.06. The predicted octanol–water partition coefficient (Wildman–Crippen LogP) is 3.24. The molecular weight excluding hydrogens is 285 g/mol. The van der Waals surface area contributed by atoms with Crippen LogP contribution >= 0.6 is 11.6 Å². The highest BCUT2D eigenvalue weighted by Gasteiger charge is 2.11. The fraction of sp³-hybridized carbons (Fsp3) is 0.429. The van der Waals surface area contributed by atoms with E-state index < -0.39 is 17.7 Å². The van der Waals surface area contributed by atoms with Crippen molar-refractivity contribution in [1.29, 1.82) is 0 Å². The molecule has 0 fully saturated rings. The van der Waals surface area contributed by atoms with Crippen molar-refractivity contribution < 1.29 is 19.1 Å². The molecule has 0 aliphatic heterocycles. The smallest absolute Gasteiger partial charge is 0.303 e. The van der Waals surface area contributed by atoms with Gasteiger partial charge in [-0.2, -0.15) is 0 Å². The van der Waals surface area contributed by atoms with E-state index in [0.717, 1.165) is 25.3 Å². The molecule has 0 saturated heterocycles. The first kappa shape index (κ1) is 16.4. The lowest BCUT2D eigenvalue weighted by molar-refractivity contribution is -0.137. The van der Waals surface area contributed by atoms with Gasteiger partial charge in [0.2, 0.25) is 0 Å². The number of amides is 1. The third-order valence-corrected chi connectivity index (χ3v) is 3.01. The molecule has 0 atom stereocenters. The van der Waals surface area contributed by atoms with Crippen LogP contribution in [0.4, 0.5) is 4.39 Å². The number of unbranched alkanes of at least 4 members (excludes halogenated alkanes) is 3. The van der Waals surface area contributed by atoms with Crippen molar-refractivity contribution in [2.45, 2.75) is 32.1 Å². The molecule has 0 radical (unpaired) electrons. The van der Waals surface area contributed by atoms with Crippen LogP contribution in [0.2, 0.25) is 5.02 Å². The Morgan fingerprint density at radius 2 is 1.90 bits per heavy atom. The minimum atomic E-state index is -0.797. The Kier molecular flexibility index (Phi) is 7.01. The van der Waals surface area contributed by atoms with Crippen molar-refractivity contribution in [2.24, 2.45) is 0 Å². The molecule has 20 heavy (non-hydrogen) atoms. The van der Waals surface area contributed by atoms with Gasteiger partial charge in [0.15, 0.2) is 0 Å². The van der Waals surface area contributed by atoms with E-state index in [4.69, 9.17) is 16.7 Å². The Morgan fingerprint density at radius 3 is 2.60 bits per heavy atom. The maximum absolute atomic E-state index is 13.4. The molecule has 0 aromatic heterocycles. The average Bonchev–Trinajstić information content (AvgIpc) is 2.39. The molecule has 110 valence electrons. The number of aliphatic carboxylic acids is 1. The van der Waals surface area contributed by atoms with Crippen molar-refractivity contribution in [3.63, 3.8) is 0 Å². The Balaban J connectivity index is 2.23. The van der Waals surface area contributed by atoms with Crippen LogP contribution in [-0.4, -0.2) is 23.5 Å². The van der Waals surface area contributed by atoms with Crippen LogP contribution in [0, 0.1) is 5.82 Å². The van der Waals surface area contributed by atoms with Gasteiger partial charge >= 0.3 is 5.97 Å². The number of carboxylic acid groups (broad SMARTS) is 1. The molecule has 1 amide bonds. The lowest BCUT2D eigenvalue weighted by atomic mass is 10.1. The van der Waals surface area contributed by atoms with Gasteiger partial charge in [0.1, 0.15) is 5.82 Å². The van der Waals surface area contributed by atoms with Crippen LogP contribution in [0.3, 0.4) is 0 Å². The summed E-state index contributed by atoms with van der Waals surface area (Å²) in [4.78, 5) is 22.0. The number of carbonyl (C=O) groups is 2. The van der Waals surface area contributed by atoms with Gasteiger partial charge in [-0.3, -0.25) is 9.59 Å². The monoisotopic (exact) mass is 301 g/mol. The van der Waals surface area contributed by atoms with Crippen molar-refractivity contribution in [1.82, 2.24) is 5.32 Å². The topological polar surface area (TPSA) is 66.4 Å². The van der Waals surface area contributed by atoms with Gasteiger partial charge in [-0.15, -0.1) is 0 Å². The van der Waals surface area contributed by atoms with Gasteiger partial charge in [0.05, 0.1) is 5.56 Å². The molecule has 1 aromatic carbocycles. The number of hydrogen-bond donors (Lipinski definition) is 2. The molecule has 0 saturated carbocycles. The minimum Gasteiger partial charge on any atom is -0.481 e. The van der Waals surface area contributed by atoms with E-state index in [-0.39, 0.29) is 12.0 Å². The normalized spacial score (nSPS) is 10.3. The molecule has 1 rings (SSSR count). The number of hydrogen-bond acceptors (Lipinski definition) is 2. The quantitative estimate of drug-likeness (QED) is 0.724. The summed E-state index contributed by atoms with van der Waals surface area (Å²) in [6.45, 7) is 0.428. The van der Waals surface area contributed by atoms with Crippen LogP contribution < -0.4 is 5.32 Å². The molecule has 0 aliphatic rings. The number of benzene rings is 1. The third kappa shape index (κ3) is 6.02. The van der Waals surface area contributed by atoms with E-state index in [2.05, 4.69) is 5.32 Å². The van der Waals surface area contributed by atoms with Crippen molar-refractivity contribution in [2.75, 3.05) is 6.54 Å². The molecule has 0 heterocycles. The fourth-order valence-electron chi connectivity index (χ4n) is 1.72. The van der Waals surface area contributed by atoms with E-state index in [1.165, 1.54) is 12.1 Å². The third-order valence-electron chi connectivity index (χ3n) is 2.78. The second kappa shape index (κ2) is 8.53.